The zero-order valence-electron chi connectivity index (χ0n) is 13.0. The number of hydrogen-bond acceptors (Lipinski definition) is 4. The van der Waals surface area contributed by atoms with Crippen LogP contribution in [0.5, 0.6) is 5.75 Å². The van der Waals surface area contributed by atoms with Crippen LogP contribution in [0.15, 0.2) is 48.5 Å². The van der Waals surface area contributed by atoms with Crippen molar-refractivity contribution in [1.29, 1.82) is 5.26 Å². The largest absolute Gasteiger partial charge is 0.488 e. The van der Waals surface area contributed by atoms with Crippen LogP contribution < -0.4 is 4.74 Å². The molecule has 4 heteroatoms. The van der Waals surface area contributed by atoms with Gasteiger partial charge in [-0.25, -0.2) is 4.98 Å². The lowest BCUT2D eigenvalue weighted by Crippen LogP contribution is -1.97. The van der Waals surface area contributed by atoms with Gasteiger partial charge in [-0.05, 0) is 37.6 Å². The molecule has 0 amide bonds. The summed E-state index contributed by atoms with van der Waals surface area (Å²) in [5.74, 6) is 0.804. The molecule has 0 unspecified atom stereocenters. The molecule has 1 heterocycles. The van der Waals surface area contributed by atoms with E-state index >= 15 is 0 Å². The molecule has 2 aromatic carbocycles. The third kappa shape index (κ3) is 3.41. The summed E-state index contributed by atoms with van der Waals surface area (Å²) in [5.41, 5.74) is 3.74. The van der Waals surface area contributed by atoms with E-state index in [0.29, 0.717) is 12.2 Å². The van der Waals surface area contributed by atoms with E-state index < -0.39 is 0 Å². The molecule has 0 saturated carbocycles. The summed E-state index contributed by atoms with van der Waals surface area (Å²) in [6.07, 6.45) is 0. The lowest BCUT2D eigenvalue weighted by atomic mass is 10.1. The highest BCUT2D eigenvalue weighted by atomic mass is 32.1. The van der Waals surface area contributed by atoms with Crippen LogP contribution in [0.4, 0.5) is 0 Å². The second kappa shape index (κ2) is 6.64. The monoisotopic (exact) mass is 320 g/mol. The van der Waals surface area contributed by atoms with Gasteiger partial charge in [-0.2, -0.15) is 5.26 Å². The van der Waals surface area contributed by atoms with Crippen molar-refractivity contribution in [2.24, 2.45) is 0 Å². The number of rotatable bonds is 4. The van der Waals surface area contributed by atoms with Crippen molar-refractivity contribution >= 4 is 11.3 Å². The van der Waals surface area contributed by atoms with Gasteiger partial charge in [-0.15, -0.1) is 11.3 Å². The molecule has 0 radical (unpaired) electrons. The lowest BCUT2D eigenvalue weighted by molar-refractivity contribution is 0.306. The van der Waals surface area contributed by atoms with Gasteiger partial charge in [0.05, 0.1) is 22.2 Å². The van der Waals surface area contributed by atoms with Crippen molar-refractivity contribution in [3.8, 4) is 22.4 Å². The maximum atomic E-state index is 8.91. The Hall–Kier alpha value is -2.64. The summed E-state index contributed by atoms with van der Waals surface area (Å²) in [6.45, 7) is 4.45. The molecule has 23 heavy (non-hydrogen) atoms. The number of ether oxygens (including phenoxy) is 1. The molecule has 3 aromatic rings. The van der Waals surface area contributed by atoms with E-state index in [1.165, 1.54) is 0 Å². The van der Waals surface area contributed by atoms with E-state index in [1.807, 2.05) is 44.2 Å². The fraction of sp³-hybridized carbons (Fsp3) is 0.158. The van der Waals surface area contributed by atoms with E-state index in [9.17, 15) is 0 Å². The minimum Gasteiger partial charge on any atom is -0.488 e. The van der Waals surface area contributed by atoms with Crippen molar-refractivity contribution in [3.05, 3.63) is 70.2 Å². The van der Waals surface area contributed by atoms with Gasteiger partial charge in [-0.1, -0.05) is 30.3 Å². The molecule has 3 rings (SSSR count). The van der Waals surface area contributed by atoms with Crippen LogP contribution in [0.1, 0.15) is 21.7 Å². The predicted molar refractivity (Wildman–Crippen MR) is 92.5 cm³/mol. The first kappa shape index (κ1) is 15.3. The Morgan fingerprint density at radius 3 is 2.61 bits per heavy atom. The van der Waals surface area contributed by atoms with Crippen LogP contribution in [-0.2, 0) is 6.61 Å². The first-order chi connectivity index (χ1) is 11.2. The Morgan fingerprint density at radius 2 is 1.91 bits per heavy atom. The molecule has 1 aromatic heterocycles. The average molecular weight is 320 g/mol. The topological polar surface area (TPSA) is 45.9 Å². The number of nitrogens with zero attached hydrogens (tertiary/aromatic N) is 2. The number of benzene rings is 2. The number of aromatic nitrogens is 1. The number of hydrogen-bond donors (Lipinski definition) is 0. The molecule has 0 aliphatic heterocycles. The highest BCUT2D eigenvalue weighted by Crippen LogP contribution is 2.29. The molecule has 0 spiro atoms. The Morgan fingerprint density at radius 1 is 1.13 bits per heavy atom. The van der Waals surface area contributed by atoms with Crippen molar-refractivity contribution in [1.82, 2.24) is 4.98 Å². The molecular formula is C19H16N2OS. The standard InChI is InChI=1S/C19H16N2OS/c1-13-10-15(11-20)8-9-17(13)22-12-18-14(2)21-19(23-18)16-6-4-3-5-7-16/h3-10H,12H2,1-2H3. The zero-order valence-corrected chi connectivity index (χ0v) is 13.9. The van der Waals surface area contributed by atoms with Gasteiger partial charge >= 0.3 is 0 Å². The maximum Gasteiger partial charge on any atom is 0.124 e. The van der Waals surface area contributed by atoms with E-state index in [1.54, 1.807) is 17.4 Å². The summed E-state index contributed by atoms with van der Waals surface area (Å²) in [5, 5.41) is 9.92. The van der Waals surface area contributed by atoms with E-state index in [2.05, 4.69) is 23.2 Å². The maximum absolute atomic E-state index is 8.91. The van der Waals surface area contributed by atoms with Gasteiger partial charge in [0.2, 0.25) is 0 Å². The van der Waals surface area contributed by atoms with Crippen LogP contribution in [-0.4, -0.2) is 4.98 Å². The predicted octanol–water partition coefficient (Wildman–Crippen LogP) is 4.88. The highest BCUT2D eigenvalue weighted by Gasteiger charge is 2.10. The Labute approximate surface area is 139 Å². The second-order valence-corrected chi connectivity index (χ2v) is 6.36. The average Bonchev–Trinajstić information content (AvgIpc) is 2.95. The quantitative estimate of drug-likeness (QED) is 0.688. The van der Waals surface area contributed by atoms with E-state index in [-0.39, 0.29) is 0 Å². The molecule has 3 nitrogen and oxygen atoms in total. The van der Waals surface area contributed by atoms with Crippen molar-refractivity contribution in [2.45, 2.75) is 20.5 Å². The first-order valence-corrected chi connectivity index (χ1v) is 8.14. The summed E-state index contributed by atoms with van der Waals surface area (Å²) in [6, 6.07) is 17.8. The van der Waals surface area contributed by atoms with Crippen molar-refractivity contribution < 1.29 is 4.74 Å². The van der Waals surface area contributed by atoms with Crippen LogP contribution in [0.2, 0.25) is 0 Å². The Bertz CT molecular complexity index is 863. The highest BCUT2D eigenvalue weighted by molar-refractivity contribution is 7.15. The van der Waals surface area contributed by atoms with Gasteiger partial charge < -0.3 is 4.74 Å². The van der Waals surface area contributed by atoms with Gasteiger partial charge in [0.15, 0.2) is 0 Å². The Balaban J connectivity index is 1.77. The molecule has 0 bridgehead atoms. The lowest BCUT2D eigenvalue weighted by Gasteiger charge is -2.08. The van der Waals surface area contributed by atoms with Gasteiger partial charge in [0.1, 0.15) is 17.4 Å². The first-order valence-electron chi connectivity index (χ1n) is 7.32. The summed E-state index contributed by atoms with van der Waals surface area (Å²) in [7, 11) is 0. The number of aryl methyl sites for hydroxylation is 2. The van der Waals surface area contributed by atoms with Crippen molar-refractivity contribution in [2.75, 3.05) is 0 Å². The van der Waals surface area contributed by atoms with Crippen LogP contribution in [0, 0.1) is 25.2 Å². The van der Waals surface area contributed by atoms with Crippen LogP contribution >= 0.6 is 11.3 Å². The normalized spacial score (nSPS) is 10.3. The molecular weight excluding hydrogens is 304 g/mol. The summed E-state index contributed by atoms with van der Waals surface area (Å²) >= 11 is 1.66. The van der Waals surface area contributed by atoms with E-state index in [4.69, 9.17) is 10.00 Å². The molecule has 0 aliphatic rings. The summed E-state index contributed by atoms with van der Waals surface area (Å²) < 4.78 is 5.91. The molecule has 0 aliphatic carbocycles. The third-order valence-electron chi connectivity index (χ3n) is 3.58. The number of nitriles is 1. The SMILES string of the molecule is Cc1cc(C#N)ccc1OCc1sc(-c2ccccc2)nc1C. The molecule has 0 N–H and O–H groups in total. The fourth-order valence-corrected chi connectivity index (χ4v) is 3.27. The summed E-state index contributed by atoms with van der Waals surface area (Å²) in [4.78, 5) is 5.76. The van der Waals surface area contributed by atoms with Gasteiger partial charge in [0, 0.05) is 5.56 Å². The second-order valence-electron chi connectivity index (χ2n) is 5.27. The van der Waals surface area contributed by atoms with E-state index in [0.717, 1.165) is 32.5 Å². The Kier molecular flexibility index (Phi) is 4.40. The molecule has 0 fully saturated rings. The fourth-order valence-electron chi connectivity index (χ4n) is 2.29. The van der Waals surface area contributed by atoms with Crippen molar-refractivity contribution in [3.63, 3.8) is 0 Å². The third-order valence-corrected chi connectivity index (χ3v) is 4.76. The van der Waals surface area contributed by atoms with Gasteiger partial charge in [-0.3, -0.25) is 0 Å². The van der Waals surface area contributed by atoms with Crippen LogP contribution in [0.3, 0.4) is 0 Å². The zero-order chi connectivity index (χ0) is 16.2. The molecule has 0 saturated heterocycles. The smallest absolute Gasteiger partial charge is 0.124 e. The minimum absolute atomic E-state index is 0.489. The van der Waals surface area contributed by atoms with Gasteiger partial charge in [0.25, 0.3) is 0 Å². The molecule has 114 valence electrons. The van der Waals surface area contributed by atoms with Crippen LogP contribution in [0.25, 0.3) is 10.6 Å². The minimum atomic E-state index is 0.489. The molecule has 0 atom stereocenters. The number of thiazole rings is 1.